The molecule has 0 fully saturated rings. The van der Waals surface area contributed by atoms with Crippen LogP contribution >= 0.6 is 0 Å². The molecule has 0 bridgehead atoms. The van der Waals surface area contributed by atoms with E-state index in [-0.39, 0.29) is 24.7 Å². The summed E-state index contributed by atoms with van der Waals surface area (Å²) in [6.07, 6.45) is 0.134. The van der Waals surface area contributed by atoms with E-state index in [1.165, 1.54) is 6.92 Å². The number of hydrogen-bond acceptors (Lipinski definition) is 4. The number of hydrogen-bond donors (Lipinski definition) is 1. The molecule has 0 unspecified atom stereocenters. The maximum absolute atomic E-state index is 12.4. The molecule has 152 valence electrons. The molecule has 1 N–H and O–H groups in total. The summed E-state index contributed by atoms with van der Waals surface area (Å²) in [6.45, 7) is 1.11. The maximum Gasteiger partial charge on any atom is 0.307 e. The van der Waals surface area contributed by atoms with Crippen molar-refractivity contribution in [1.29, 1.82) is 0 Å². The Balaban J connectivity index is 1.57. The smallest absolute Gasteiger partial charge is 0.307 e. The molecule has 3 aromatic rings. The Hall–Kier alpha value is -3.73. The molecule has 0 heterocycles. The van der Waals surface area contributed by atoms with Crippen molar-refractivity contribution in [1.82, 2.24) is 0 Å². The molecule has 5 nitrogen and oxygen atoms in total. The van der Waals surface area contributed by atoms with Crippen LogP contribution in [0.25, 0.3) is 0 Å². The first-order valence-electron chi connectivity index (χ1n) is 9.69. The largest absolute Gasteiger partial charge is 0.456 e. The standard InChI is InChI=1S/C25H23NO4/c1-18(27)19-12-14-22(15-13-19)26-24(28)17-30-25(29)16-23(20-8-4-2-5-9-20)21-10-6-3-7-11-21/h2-15,23H,16-17H2,1H3,(H,26,28). The molecular formula is C25H23NO4. The normalized spacial score (nSPS) is 10.5. The van der Waals surface area contributed by atoms with E-state index in [1.807, 2.05) is 60.7 Å². The maximum atomic E-state index is 12.4. The summed E-state index contributed by atoms with van der Waals surface area (Å²) < 4.78 is 5.21. The van der Waals surface area contributed by atoms with Gasteiger partial charge in [-0.1, -0.05) is 60.7 Å². The van der Waals surface area contributed by atoms with Gasteiger partial charge in [-0.25, -0.2) is 0 Å². The Morgan fingerprint density at radius 3 is 1.83 bits per heavy atom. The number of esters is 1. The van der Waals surface area contributed by atoms with Gasteiger partial charge in [-0.05, 0) is 42.3 Å². The molecule has 3 rings (SSSR count). The van der Waals surface area contributed by atoms with Crippen LogP contribution in [0.1, 0.15) is 40.7 Å². The third-order valence-corrected chi connectivity index (χ3v) is 4.71. The molecule has 5 heteroatoms. The van der Waals surface area contributed by atoms with Crippen molar-refractivity contribution in [3.63, 3.8) is 0 Å². The van der Waals surface area contributed by atoms with E-state index in [0.29, 0.717) is 11.3 Å². The molecule has 0 aliphatic rings. The van der Waals surface area contributed by atoms with Crippen LogP contribution in [0, 0.1) is 0 Å². The number of nitrogens with one attached hydrogen (secondary N) is 1. The van der Waals surface area contributed by atoms with Crippen LogP contribution in [-0.2, 0) is 14.3 Å². The average molecular weight is 401 g/mol. The molecule has 0 aliphatic heterocycles. The summed E-state index contributed by atoms with van der Waals surface area (Å²) in [5, 5.41) is 2.65. The van der Waals surface area contributed by atoms with E-state index in [1.54, 1.807) is 24.3 Å². The minimum absolute atomic E-state index is 0.0480. The van der Waals surface area contributed by atoms with Crippen molar-refractivity contribution in [2.75, 3.05) is 11.9 Å². The highest BCUT2D eigenvalue weighted by Crippen LogP contribution is 2.28. The summed E-state index contributed by atoms with van der Waals surface area (Å²) in [4.78, 5) is 35.8. The van der Waals surface area contributed by atoms with Gasteiger partial charge in [-0.15, -0.1) is 0 Å². The number of carbonyl (C=O) groups is 3. The lowest BCUT2D eigenvalue weighted by atomic mass is 9.89. The molecule has 30 heavy (non-hydrogen) atoms. The van der Waals surface area contributed by atoms with E-state index in [0.717, 1.165) is 11.1 Å². The Labute approximate surface area is 175 Å². The van der Waals surface area contributed by atoms with Crippen LogP contribution in [0.3, 0.4) is 0 Å². The Morgan fingerprint density at radius 1 is 0.800 bits per heavy atom. The number of ketones is 1. The predicted octanol–water partition coefficient (Wildman–Crippen LogP) is 4.59. The van der Waals surface area contributed by atoms with Gasteiger partial charge in [0.05, 0.1) is 6.42 Å². The highest BCUT2D eigenvalue weighted by atomic mass is 16.5. The van der Waals surface area contributed by atoms with Crippen molar-refractivity contribution < 1.29 is 19.1 Å². The summed E-state index contributed by atoms with van der Waals surface area (Å²) >= 11 is 0. The molecule has 0 radical (unpaired) electrons. The van der Waals surface area contributed by atoms with Crippen LogP contribution in [-0.4, -0.2) is 24.3 Å². The fraction of sp³-hybridized carbons (Fsp3) is 0.160. The number of benzene rings is 3. The first-order chi connectivity index (χ1) is 14.5. The highest BCUT2D eigenvalue weighted by molar-refractivity contribution is 5.96. The van der Waals surface area contributed by atoms with E-state index in [2.05, 4.69) is 5.32 Å². The van der Waals surface area contributed by atoms with Gasteiger partial charge in [0.25, 0.3) is 5.91 Å². The third kappa shape index (κ3) is 5.88. The Kier molecular flexibility index (Phi) is 7.11. The van der Waals surface area contributed by atoms with Crippen molar-refractivity contribution in [2.45, 2.75) is 19.3 Å². The molecule has 0 saturated heterocycles. The number of ether oxygens (including phenoxy) is 1. The zero-order valence-electron chi connectivity index (χ0n) is 16.7. The third-order valence-electron chi connectivity index (χ3n) is 4.71. The second kappa shape index (κ2) is 10.2. The Bertz CT molecular complexity index is 959. The van der Waals surface area contributed by atoms with E-state index in [9.17, 15) is 14.4 Å². The SMILES string of the molecule is CC(=O)c1ccc(NC(=O)COC(=O)CC(c2ccccc2)c2ccccc2)cc1. The van der Waals surface area contributed by atoms with Crippen molar-refractivity contribution >= 4 is 23.3 Å². The fourth-order valence-electron chi connectivity index (χ4n) is 3.16. The molecule has 0 aromatic heterocycles. The second-order valence-electron chi connectivity index (χ2n) is 6.92. The van der Waals surface area contributed by atoms with E-state index in [4.69, 9.17) is 4.74 Å². The predicted molar refractivity (Wildman–Crippen MR) is 115 cm³/mol. The molecule has 1 amide bonds. The zero-order chi connectivity index (χ0) is 21.3. The lowest BCUT2D eigenvalue weighted by Gasteiger charge is -2.17. The number of Topliss-reactive ketones (excluding diaryl/α,β-unsaturated/α-hetero) is 1. The van der Waals surface area contributed by atoms with Gasteiger partial charge in [0.2, 0.25) is 0 Å². The van der Waals surface area contributed by atoms with Gasteiger partial charge < -0.3 is 10.1 Å². The summed E-state index contributed by atoms with van der Waals surface area (Å²) in [7, 11) is 0. The minimum atomic E-state index is -0.449. The van der Waals surface area contributed by atoms with E-state index >= 15 is 0 Å². The van der Waals surface area contributed by atoms with Crippen LogP contribution in [0.4, 0.5) is 5.69 Å². The molecule has 0 saturated carbocycles. The quantitative estimate of drug-likeness (QED) is 0.442. The second-order valence-corrected chi connectivity index (χ2v) is 6.92. The van der Waals surface area contributed by atoms with Gasteiger partial charge in [-0.2, -0.15) is 0 Å². The fourth-order valence-corrected chi connectivity index (χ4v) is 3.16. The number of anilines is 1. The molecule has 3 aromatic carbocycles. The molecular weight excluding hydrogens is 378 g/mol. The van der Waals surface area contributed by atoms with Gasteiger partial charge in [-0.3, -0.25) is 14.4 Å². The lowest BCUT2D eigenvalue weighted by Crippen LogP contribution is -2.22. The van der Waals surface area contributed by atoms with Crippen LogP contribution < -0.4 is 5.32 Å². The summed E-state index contributed by atoms with van der Waals surface area (Å²) in [6, 6.07) is 26.0. The summed E-state index contributed by atoms with van der Waals surface area (Å²) in [5.74, 6) is -1.08. The highest BCUT2D eigenvalue weighted by Gasteiger charge is 2.19. The van der Waals surface area contributed by atoms with E-state index < -0.39 is 11.9 Å². The van der Waals surface area contributed by atoms with Crippen molar-refractivity contribution in [3.8, 4) is 0 Å². The first kappa shape index (κ1) is 21.0. The van der Waals surface area contributed by atoms with Gasteiger partial charge in [0.15, 0.2) is 12.4 Å². The van der Waals surface area contributed by atoms with Gasteiger partial charge in [0.1, 0.15) is 0 Å². The van der Waals surface area contributed by atoms with Gasteiger partial charge in [0, 0.05) is 17.2 Å². The Morgan fingerprint density at radius 2 is 1.33 bits per heavy atom. The van der Waals surface area contributed by atoms with Gasteiger partial charge >= 0.3 is 5.97 Å². The topological polar surface area (TPSA) is 72.5 Å². The monoisotopic (exact) mass is 401 g/mol. The first-order valence-corrected chi connectivity index (χ1v) is 9.69. The number of rotatable bonds is 8. The average Bonchev–Trinajstić information content (AvgIpc) is 2.77. The van der Waals surface area contributed by atoms with Crippen LogP contribution in [0.5, 0.6) is 0 Å². The summed E-state index contributed by atoms with van der Waals surface area (Å²) in [5.41, 5.74) is 3.12. The van der Waals surface area contributed by atoms with Crippen LogP contribution in [0.2, 0.25) is 0 Å². The van der Waals surface area contributed by atoms with Crippen molar-refractivity contribution in [3.05, 3.63) is 102 Å². The molecule has 0 aliphatic carbocycles. The molecule has 0 spiro atoms. The zero-order valence-corrected chi connectivity index (χ0v) is 16.7. The molecule has 0 atom stereocenters. The number of carbonyl (C=O) groups excluding carboxylic acids is 3. The minimum Gasteiger partial charge on any atom is -0.456 e. The van der Waals surface area contributed by atoms with Crippen molar-refractivity contribution in [2.24, 2.45) is 0 Å². The number of amides is 1. The lowest BCUT2D eigenvalue weighted by molar-refractivity contribution is -0.147. The van der Waals surface area contributed by atoms with Crippen LogP contribution in [0.15, 0.2) is 84.9 Å².